The van der Waals surface area contributed by atoms with E-state index in [-0.39, 0.29) is 74.5 Å². The van der Waals surface area contributed by atoms with E-state index in [9.17, 15) is 39.9 Å². The molecule has 4 heterocycles. The monoisotopic (exact) mass is 713 g/mol. The number of rotatable bonds is 11. The molecular formula is C28H23N7O10S3. The summed E-state index contributed by atoms with van der Waals surface area (Å²) in [5, 5.41) is 63.9. The number of aliphatic carboxylic acids is 1. The van der Waals surface area contributed by atoms with Crippen LogP contribution < -0.4 is 11.1 Å². The summed E-state index contributed by atoms with van der Waals surface area (Å²) in [6, 6.07) is 6.92. The number of phenols is 4. The standard InChI is InChI=1S/C28H23N7O10S3/c29-27-30-14(10-47-27)19(34-44-7-11-1-3-15(36)17(38)5-11)22(40)31-20-24(41)35-21(26(42)43)13(8-46-25(20)35)9-48-28-33-32-23(45-28)12-2-4-16(37)18(39)6-12/h1-6,10,20,25,36-39H,7-9H2,(H2,29,30)(H,31,40)(H,42,43)/b34-19-/t20-,25-/m1/s1. The number of anilines is 1. The molecule has 2 aromatic heterocycles. The van der Waals surface area contributed by atoms with Crippen molar-refractivity contribution in [3.8, 4) is 34.5 Å². The van der Waals surface area contributed by atoms with E-state index in [4.69, 9.17) is 15.0 Å². The van der Waals surface area contributed by atoms with Gasteiger partial charge in [0.05, 0.1) is 0 Å². The number of carboxylic acid groups (broad SMARTS) is 1. The number of hydrogen-bond donors (Lipinski definition) is 7. The summed E-state index contributed by atoms with van der Waals surface area (Å²) in [6.07, 6.45) is 0. The number of fused-ring (bicyclic) bond motifs is 1. The van der Waals surface area contributed by atoms with Gasteiger partial charge in [0, 0.05) is 22.4 Å². The van der Waals surface area contributed by atoms with Crippen molar-refractivity contribution < 1.29 is 49.2 Å². The second-order valence-electron chi connectivity index (χ2n) is 10.1. The van der Waals surface area contributed by atoms with Gasteiger partial charge < -0.3 is 45.8 Å². The van der Waals surface area contributed by atoms with Gasteiger partial charge in [0.25, 0.3) is 17.0 Å². The van der Waals surface area contributed by atoms with Crippen LogP contribution in [0.2, 0.25) is 0 Å². The van der Waals surface area contributed by atoms with Crippen LogP contribution in [-0.2, 0) is 25.8 Å². The Morgan fingerprint density at radius 2 is 1.85 bits per heavy atom. The molecule has 1 fully saturated rings. The lowest BCUT2D eigenvalue weighted by Crippen LogP contribution is -2.71. The molecule has 2 aliphatic rings. The fourth-order valence-electron chi connectivity index (χ4n) is 4.63. The molecule has 0 spiro atoms. The van der Waals surface area contributed by atoms with Gasteiger partial charge in [0.2, 0.25) is 5.89 Å². The van der Waals surface area contributed by atoms with Crippen LogP contribution in [0.15, 0.2) is 67.8 Å². The highest BCUT2D eigenvalue weighted by atomic mass is 32.2. The zero-order chi connectivity index (χ0) is 34.1. The maximum absolute atomic E-state index is 13.4. The lowest BCUT2D eigenvalue weighted by molar-refractivity contribution is -0.150. The third-order valence-corrected chi connectivity index (χ3v) is 9.86. The molecule has 0 bridgehead atoms. The van der Waals surface area contributed by atoms with Crippen LogP contribution in [0.1, 0.15) is 11.3 Å². The van der Waals surface area contributed by atoms with Crippen molar-refractivity contribution in [1.82, 2.24) is 25.4 Å². The molecule has 2 amide bonds. The Hall–Kier alpha value is -5.47. The first-order chi connectivity index (χ1) is 23.0. The minimum atomic E-state index is -1.33. The molecule has 8 N–H and O–H groups in total. The number of thiazole rings is 1. The molecular weight excluding hydrogens is 691 g/mol. The summed E-state index contributed by atoms with van der Waals surface area (Å²) >= 11 is 3.36. The van der Waals surface area contributed by atoms with Crippen molar-refractivity contribution in [3.05, 3.63) is 64.3 Å². The van der Waals surface area contributed by atoms with Crippen LogP contribution in [0, 0.1) is 0 Å². The molecule has 6 rings (SSSR count). The van der Waals surface area contributed by atoms with Crippen molar-refractivity contribution in [2.75, 3.05) is 17.2 Å². The van der Waals surface area contributed by atoms with Crippen molar-refractivity contribution in [2.24, 2.45) is 5.16 Å². The molecule has 2 aromatic carbocycles. The van der Waals surface area contributed by atoms with Crippen LogP contribution in [-0.4, -0.2) is 92.0 Å². The van der Waals surface area contributed by atoms with Crippen LogP contribution in [0.25, 0.3) is 11.5 Å². The second-order valence-corrected chi connectivity index (χ2v) is 13.0. The number of aromatic hydroxyl groups is 4. The number of nitrogen functional groups attached to an aromatic ring is 1. The molecule has 4 aromatic rings. The van der Waals surface area contributed by atoms with Gasteiger partial charge in [-0.1, -0.05) is 23.0 Å². The first-order valence-corrected chi connectivity index (χ1v) is 16.5. The van der Waals surface area contributed by atoms with Gasteiger partial charge in [-0.3, -0.25) is 14.5 Å². The Bertz CT molecular complexity index is 2000. The van der Waals surface area contributed by atoms with Crippen LogP contribution in [0.4, 0.5) is 5.13 Å². The molecule has 2 aliphatic heterocycles. The van der Waals surface area contributed by atoms with Crippen LogP contribution >= 0.6 is 34.9 Å². The first kappa shape index (κ1) is 32.5. The number of hydrogen-bond acceptors (Lipinski definition) is 17. The van der Waals surface area contributed by atoms with Gasteiger partial charge in [-0.05, 0) is 41.5 Å². The molecule has 1 saturated heterocycles. The Morgan fingerprint density at radius 3 is 2.54 bits per heavy atom. The Morgan fingerprint density at radius 1 is 1.10 bits per heavy atom. The van der Waals surface area contributed by atoms with Crippen molar-refractivity contribution in [3.63, 3.8) is 0 Å². The molecule has 2 atom stereocenters. The van der Waals surface area contributed by atoms with E-state index < -0.39 is 29.2 Å². The maximum Gasteiger partial charge on any atom is 0.352 e. The van der Waals surface area contributed by atoms with E-state index in [1.54, 1.807) is 0 Å². The van der Waals surface area contributed by atoms with E-state index >= 15 is 0 Å². The number of carboxylic acids is 1. The van der Waals surface area contributed by atoms with Crippen LogP contribution in [0.3, 0.4) is 0 Å². The van der Waals surface area contributed by atoms with Crippen molar-refractivity contribution in [2.45, 2.75) is 23.2 Å². The number of β-lactam (4-membered cyclic amide) rings is 1. The van der Waals surface area contributed by atoms with Gasteiger partial charge in [-0.15, -0.1) is 33.3 Å². The van der Waals surface area contributed by atoms with E-state index in [1.165, 1.54) is 53.5 Å². The van der Waals surface area contributed by atoms with Gasteiger partial charge in [0.1, 0.15) is 29.4 Å². The highest BCUT2D eigenvalue weighted by Gasteiger charge is 2.54. The zero-order valence-electron chi connectivity index (χ0n) is 24.1. The highest BCUT2D eigenvalue weighted by molar-refractivity contribution is 8.01. The zero-order valence-corrected chi connectivity index (χ0v) is 26.6. The Balaban J connectivity index is 1.13. The van der Waals surface area contributed by atoms with Gasteiger partial charge >= 0.3 is 5.97 Å². The van der Waals surface area contributed by atoms with E-state index in [1.807, 2.05) is 0 Å². The summed E-state index contributed by atoms with van der Waals surface area (Å²) in [5.41, 5.74) is 6.54. The van der Waals surface area contributed by atoms with Crippen molar-refractivity contribution >= 4 is 63.5 Å². The fraction of sp³-hybridized carbons (Fsp3) is 0.179. The molecule has 0 saturated carbocycles. The van der Waals surface area contributed by atoms with Gasteiger partial charge in [-0.2, -0.15) is 0 Å². The Labute approximate surface area is 281 Å². The minimum Gasteiger partial charge on any atom is -0.504 e. The number of oxime groups is 1. The number of amides is 2. The number of carbonyl (C=O) groups excluding carboxylic acids is 2. The Kier molecular flexibility index (Phi) is 9.02. The smallest absolute Gasteiger partial charge is 0.352 e. The van der Waals surface area contributed by atoms with E-state index in [0.717, 1.165) is 28.0 Å². The van der Waals surface area contributed by atoms with E-state index in [2.05, 4.69) is 25.7 Å². The number of thioether (sulfide) groups is 2. The van der Waals surface area contributed by atoms with Gasteiger partial charge in [0.15, 0.2) is 33.8 Å². The topological polar surface area (TPSA) is 267 Å². The normalized spacial score (nSPS) is 17.5. The highest BCUT2D eigenvalue weighted by Crippen LogP contribution is 2.42. The summed E-state index contributed by atoms with van der Waals surface area (Å²) in [5.74, 6) is -3.76. The number of aromatic nitrogens is 3. The summed E-state index contributed by atoms with van der Waals surface area (Å²) in [6.45, 7) is -0.183. The van der Waals surface area contributed by atoms with Crippen molar-refractivity contribution in [1.29, 1.82) is 0 Å². The third-order valence-electron chi connectivity index (χ3n) is 6.94. The quantitative estimate of drug-likeness (QED) is 0.0385. The predicted octanol–water partition coefficient (Wildman–Crippen LogP) is 2.05. The molecule has 17 nitrogen and oxygen atoms in total. The lowest BCUT2D eigenvalue weighted by Gasteiger charge is -2.49. The number of nitrogens with zero attached hydrogens (tertiary/aromatic N) is 5. The maximum atomic E-state index is 13.4. The summed E-state index contributed by atoms with van der Waals surface area (Å²) in [4.78, 5) is 49.5. The fourth-order valence-corrected chi connectivity index (χ4v) is 7.42. The molecule has 20 heteroatoms. The SMILES string of the molecule is Nc1nc(/C(=N/OCc2ccc(O)c(O)c2)C(=O)N[C@@H]2C(=O)N3C(C(=O)O)=C(CSc4nnc(-c5ccc(O)c(O)c5)o4)CS[C@H]23)cs1. The molecule has 48 heavy (non-hydrogen) atoms. The predicted molar refractivity (Wildman–Crippen MR) is 171 cm³/mol. The number of carbonyl (C=O) groups is 3. The molecule has 0 aliphatic carbocycles. The average Bonchev–Trinajstić information content (AvgIpc) is 3.72. The minimum absolute atomic E-state index is 0.0723. The number of nitrogens with two attached hydrogens (primary N) is 1. The lowest BCUT2D eigenvalue weighted by atomic mass is 10.0. The number of phenolic OH excluding ortho intramolecular Hbond substituents is 4. The summed E-state index contributed by atoms with van der Waals surface area (Å²) in [7, 11) is 0. The molecule has 248 valence electrons. The number of benzene rings is 2. The first-order valence-electron chi connectivity index (χ1n) is 13.6. The third kappa shape index (κ3) is 6.52. The second kappa shape index (κ2) is 13.3. The largest absolute Gasteiger partial charge is 0.504 e. The van der Waals surface area contributed by atoms with Gasteiger partial charge in [-0.25, -0.2) is 9.78 Å². The molecule has 0 unspecified atom stereocenters. The summed E-state index contributed by atoms with van der Waals surface area (Å²) < 4.78 is 5.61. The number of nitrogens with one attached hydrogen (secondary N) is 1. The average molecular weight is 714 g/mol. The molecule has 0 radical (unpaired) electrons. The van der Waals surface area contributed by atoms with E-state index in [0.29, 0.717) is 16.7 Å². The van der Waals surface area contributed by atoms with Crippen LogP contribution in [0.5, 0.6) is 23.0 Å².